The third kappa shape index (κ3) is 9.84. The lowest BCUT2D eigenvalue weighted by Crippen LogP contribution is -2.43. The molecule has 6 nitrogen and oxygen atoms in total. The van der Waals surface area contributed by atoms with Crippen LogP contribution in [0.2, 0.25) is 0 Å². The molecule has 0 rings (SSSR count). The van der Waals surface area contributed by atoms with Crippen LogP contribution in [0.5, 0.6) is 0 Å². The van der Waals surface area contributed by atoms with Gasteiger partial charge in [-0.15, -0.1) is 6.58 Å². The number of allylic oxidation sites excluding steroid dienone is 1. The number of rotatable bonds is 11. The standard InChI is InChI=1S/C14H22N2O4S/c1-4-6-7-12(17)16-11(10-13(18)21-5-2)14(19)20-9-8-15-3/h4,11H,1,3,5-10H2,2H3,(H,16,17)/t11-/m0/s1. The van der Waals surface area contributed by atoms with Crippen LogP contribution < -0.4 is 5.32 Å². The van der Waals surface area contributed by atoms with E-state index in [0.717, 1.165) is 11.8 Å². The van der Waals surface area contributed by atoms with Gasteiger partial charge in [0, 0.05) is 12.8 Å². The summed E-state index contributed by atoms with van der Waals surface area (Å²) in [6.07, 6.45) is 2.25. The number of aliphatic imine (C=N–C) groups is 1. The molecule has 0 aliphatic rings. The minimum atomic E-state index is -0.960. The highest BCUT2D eigenvalue weighted by Crippen LogP contribution is 2.09. The third-order valence-electron chi connectivity index (χ3n) is 2.37. The molecule has 1 amide bonds. The lowest BCUT2D eigenvalue weighted by molar-refractivity contribution is -0.148. The van der Waals surface area contributed by atoms with Crippen molar-refractivity contribution in [2.75, 3.05) is 18.9 Å². The smallest absolute Gasteiger partial charge is 0.329 e. The van der Waals surface area contributed by atoms with Crippen LogP contribution in [0.25, 0.3) is 0 Å². The molecule has 0 heterocycles. The van der Waals surface area contributed by atoms with Crippen molar-refractivity contribution in [2.24, 2.45) is 4.99 Å². The van der Waals surface area contributed by atoms with Crippen molar-refractivity contribution >= 4 is 35.5 Å². The highest BCUT2D eigenvalue weighted by atomic mass is 32.2. The number of hydrogen-bond donors (Lipinski definition) is 1. The van der Waals surface area contributed by atoms with E-state index < -0.39 is 12.0 Å². The fraction of sp³-hybridized carbons (Fsp3) is 0.571. The number of nitrogens with one attached hydrogen (secondary N) is 1. The van der Waals surface area contributed by atoms with Crippen LogP contribution in [0.15, 0.2) is 17.6 Å². The summed E-state index contributed by atoms with van der Waals surface area (Å²) < 4.78 is 4.96. The summed E-state index contributed by atoms with van der Waals surface area (Å²) in [5, 5.41) is 2.36. The van der Waals surface area contributed by atoms with Crippen molar-refractivity contribution in [3.05, 3.63) is 12.7 Å². The zero-order valence-electron chi connectivity index (χ0n) is 12.3. The molecule has 0 saturated heterocycles. The molecule has 0 aromatic carbocycles. The second-order valence-electron chi connectivity index (χ2n) is 4.07. The van der Waals surface area contributed by atoms with Gasteiger partial charge in [0.1, 0.15) is 12.6 Å². The Labute approximate surface area is 129 Å². The van der Waals surface area contributed by atoms with Crippen LogP contribution in [-0.2, 0) is 19.1 Å². The Morgan fingerprint density at radius 2 is 2.14 bits per heavy atom. The van der Waals surface area contributed by atoms with Crippen molar-refractivity contribution < 1.29 is 19.1 Å². The van der Waals surface area contributed by atoms with Gasteiger partial charge in [0.25, 0.3) is 0 Å². The summed E-state index contributed by atoms with van der Waals surface area (Å²) >= 11 is 1.11. The Balaban J connectivity index is 4.54. The quantitative estimate of drug-likeness (QED) is 0.269. The van der Waals surface area contributed by atoms with Crippen molar-refractivity contribution in [1.82, 2.24) is 5.32 Å². The predicted molar refractivity (Wildman–Crippen MR) is 84.5 cm³/mol. The summed E-state index contributed by atoms with van der Waals surface area (Å²) in [5.74, 6) is -0.325. The maximum Gasteiger partial charge on any atom is 0.329 e. The number of nitrogens with zero attached hydrogens (tertiary/aromatic N) is 1. The summed E-state index contributed by atoms with van der Waals surface area (Å²) in [7, 11) is 0. The van der Waals surface area contributed by atoms with Gasteiger partial charge < -0.3 is 10.1 Å². The Kier molecular flexibility index (Phi) is 11.2. The summed E-state index contributed by atoms with van der Waals surface area (Å²) in [5.41, 5.74) is 0. The molecule has 0 radical (unpaired) electrons. The zero-order valence-corrected chi connectivity index (χ0v) is 13.1. The number of esters is 1. The second-order valence-corrected chi connectivity index (χ2v) is 5.39. The monoisotopic (exact) mass is 314 g/mol. The number of carbonyl (C=O) groups is 3. The molecule has 0 aromatic heterocycles. The molecule has 7 heteroatoms. The van der Waals surface area contributed by atoms with E-state index in [-0.39, 0.29) is 37.0 Å². The van der Waals surface area contributed by atoms with Gasteiger partial charge in [0.15, 0.2) is 5.12 Å². The van der Waals surface area contributed by atoms with Gasteiger partial charge in [0.2, 0.25) is 5.91 Å². The van der Waals surface area contributed by atoms with Crippen molar-refractivity contribution in [3.63, 3.8) is 0 Å². The van der Waals surface area contributed by atoms with Gasteiger partial charge in [-0.3, -0.25) is 14.6 Å². The van der Waals surface area contributed by atoms with Gasteiger partial charge in [-0.2, -0.15) is 0 Å². The fourth-order valence-corrected chi connectivity index (χ4v) is 2.00. The Bertz CT molecular complexity index is 385. The average Bonchev–Trinajstić information content (AvgIpc) is 2.44. The van der Waals surface area contributed by atoms with E-state index in [9.17, 15) is 14.4 Å². The Morgan fingerprint density at radius 3 is 2.71 bits per heavy atom. The molecule has 0 spiro atoms. The van der Waals surface area contributed by atoms with E-state index in [0.29, 0.717) is 12.2 Å². The lowest BCUT2D eigenvalue weighted by Gasteiger charge is -2.16. The van der Waals surface area contributed by atoms with E-state index in [1.807, 2.05) is 6.92 Å². The minimum absolute atomic E-state index is 0.0798. The molecule has 0 aliphatic heterocycles. The van der Waals surface area contributed by atoms with Crippen molar-refractivity contribution in [1.29, 1.82) is 0 Å². The lowest BCUT2D eigenvalue weighted by atomic mass is 10.2. The summed E-state index contributed by atoms with van der Waals surface area (Å²) in [6, 6.07) is -0.960. The van der Waals surface area contributed by atoms with E-state index in [1.165, 1.54) is 0 Å². The molecule has 0 saturated carbocycles. The van der Waals surface area contributed by atoms with Crippen LogP contribution in [0.3, 0.4) is 0 Å². The molecule has 0 bridgehead atoms. The number of amides is 1. The van der Waals surface area contributed by atoms with E-state index in [4.69, 9.17) is 4.74 Å². The molecule has 0 aromatic rings. The first-order chi connectivity index (χ1) is 10.0. The molecule has 0 fully saturated rings. The molecular formula is C14H22N2O4S. The summed E-state index contributed by atoms with van der Waals surface area (Å²) in [4.78, 5) is 38.8. The number of ether oxygens (including phenoxy) is 1. The first-order valence-corrected chi connectivity index (χ1v) is 7.68. The van der Waals surface area contributed by atoms with E-state index in [1.54, 1.807) is 6.08 Å². The second kappa shape index (κ2) is 12.1. The van der Waals surface area contributed by atoms with Gasteiger partial charge in [-0.05, 0) is 18.9 Å². The average molecular weight is 314 g/mol. The van der Waals surface area contributed by atoms with Crippen LogP contribution in [0.1, 0.15) is 26.2 Å². The Hall–Kier alpha value is -1.63. The van der Waals surface area contributed by atoms with Gasteiger partial charge in [-0.1, -0.05) is 24.8 Å². The molecule has 0 unspecified atom stereocenters. The topological polar surface area (TPSA) is 84.8 Å². The number of hydrogen-bond acceptors (Lipinski definition) is 6. The highest BCUT2D eigenvalue weighted by Gasteiger charge is 2.25. The molecule has 21 heavy (non-hydrogen) atoms. The maximum absolute atomic E-state index is 11.9. The molecule has 118 valence electrons. The number of thioether (sulfide) groups is 1. The predicted octanol–water partition coefficient (Wildman–Crippen LogP) is 1.35. The van der Waals surface area contributed by atoms with Gasteiger partial charge >= 0.3 is 5.97 Å². The number of carbonyl (C=O) groups excluding carboxylic acids is 3. The van der Waals surface area contributed by atoms with Gasteiger partial charge in [-0.25, -0.2) is 4.79 Å². The Morgan fingerprint density at radius 1 is 1.43 bits per heavy atom. The molecule has 0 aliphatic carbocycles. The largest absolute Gasteiger partial charge is 0.462 e. The van der Waals surface area contributed by atoms with Crippen LogP contribution in [-0.4, -0.2) is 48.7 Å². The first-order valence-electron chi connectivity index (χ1n) is 6.70. The SMILES string of the molecule is C=CCCC(=O)N[C@@H](CC(=O)SCC)C(=O)OCCN=C. The normalized spacial score (nSPS) is 11.3. The zero-order chi connectivity index (χ0) is 16.1. The van der Waals surface area contributed by atoms with Crippen LogP contribution in [0, 0.1) is 0 Å². The third-order valence-corrected chi connectivity index (χ3v) is 3.14. The van der Waals surface area contributed by atoms with E-state index >= 15 is 0 Å². The van der Waals surface area contributed by atoms with Crippen molar-refractivity contribution in [3.8, 4) is 0 Å². The minimum Gasteiger partial charge on any atom is -0.462 e. The molecular weight excluding hydrogens is 292 g/mol. The maximum atomic E-state index is 11.9. The van der Waals surface area contributed by atoms with Crippen LogP contribution >= 0.6 is 11.8 Å². The summed E-state index contributed by atoms with van der Waals surface area (Å²) in [6.45, 7) is 9.00. The van der Waals surface area contributed by atoms with Crippen molar-refractivity contribution in [2.45, 2.75) is 32.2 Å². The van der Waals surface area contributed by atoms with Gasteiger partial charge in [0.05, 0.1) is 6.54 Å². The van der Waals surface area contributed by atoms with E-state index in [2.05, 4.69) is 23.6 Å². The fourth-order valence-electron chi connectivity index (χ4n) is 1.39. The first kappa shape index (κ1) is 19.4. The molecule has 1 N–H and O–H groups in total. The molecule has 1 atom stereocenters. The van der Waals surface area contributed by atoms with Crippen LogP contribution in [0.4, 0.5) is 0 Å². The highest BCUT2D eigenvalue weighted by molar-refractivity contribution is 8.13.